The lowest BCUT2D eigenvalue weighted by Gasteiger charge is -2.26. The highest BCUT2D eigenvalue weighted by Gasteiger charge is 2.19. The molecule has 1 aromatic rings. The maximum atomic E-state index is 6.30. The molecule has 20 heavy (non-hydrogen) atoms. The number of nitrogens with one attached hydrogen (secondary N) is 1. The molecule has 1 N–H and O–H groups in total. The normalized spacial score (nSPS) is 12.8. The van der Waals surface area contributed by atoms with Crippen LogP contribution >= 0.6 is 11.6 Å². The number of rotatable bonds is 10. The van der Waals surface area contributed by atoms with Crippen LogP contribution in [0.5, 0.6) is 0 Å². The topological polar surface area (TPSA) is 21.3 Å². The zero-order valence-corrected chi connectivity index (χ0v) is 13.7. The first-order chi connectivity index (χ1) is 9.72. The molecule has 0 bridgehead atoms. The Balaban J connectivity index is 2.64. The Labute approximate surface area is 128 Å². The van der Waals surface area contributed by atoms with E-state index in [0.29, 0.717) is 5.92 Å². The van der Waals surface area contributed by atoms with Crippen molar-refractivity contribution in [1.29, 1.82) is 0 Å². The molecule has 3 heteroatoms. The lowest BCUT2D eigenvalue weighted by atomic mass is 9.83. The second-order valence-corrected chi connectivity index (χ2v) is 5.74. The minimum Gasteiger partial charge on any atom is -0.383 e. The van der Waals surface area contributed by atoms with Gasteiger partial charge in [-0.05, 0) is 36.4 Å². The van der Waals surface area contributed by atoms with Gasteiger partial charge in [-0.1, -0.05) is 56.5 Å². The highest BCUT2D eigenvalue weighted by atomic mass is 35.5. The summed E-state index contributed by atoms with van der Waals surface area (Å²) in [5.41, 5.74) is 1.26. The fourth-order valence-electron chi connectivity index (χ4n) is 2.77. The van der Waals surface area contributed by atoms with Gasteiger partial charge in [0.15, 0.2) is 0 Å². The Bertz CT molecular complexity index is 366. The average molecular weight is 298 g/mol. The van der Waals surface area contributed by atoms with E-state index in [9.17, 15) is 0 Å². The van der Waals surface area contributed by atoms with Crippen molar-refractivity contribution in [2.24, 2.45) is 11.8 Å². The maximum absolute atomic E-state index is 6.30. The fourth-order valence-corrected chi connectivity index (χ4v) is 2.98. The fraction of sp³-hybridized carbons (Fsp3) is 0.647. The van der Waals surface area contributed by atoms with Gasteiger partial charge >= 0.3 is 0 Å². The summed E-state index contributed by atoms with van der Waals surface area (Å²) in [4.78, 5) is 0. The molecule has 0 fully saturated rings. The molecule has 0 saturated carbocycles. The molecular weight excluding hydrogens is 270 g/mol. The van der Waals surface area contributed by atoms with Gasteiger partial charge in [0.25, 0.3) is 0 Å². The lowest BCUT2D eigenvalue weighted by Crippen LogP contribution is -2.31. The molecule has 0 aromatic heterocycles. The minimum atomic E-state index is 0.627. The number of methoxy groups -OCH3 is 1. The summed E-state index contributed by atoms with van der Waals surface area (Å²) in [6.07, 6.45) is 3.49. The van der Waals surface area contributed by atoms with Crippen molar-refractivity contribution in [2.75, 3.05) is 26.8 Å². The van der Waals surface area contributed by atoms with E-state index in [1.807, 2.05) is 12.1 Å². The molecule has 0 saturated heterocycles. The van der Waals surface area contributed by atoms with Crippen molar-refractivity contribution >= 4 is 11.6 Å². The predicted molar refractivity (Wildman–Crippen MR) is 87.5 cm³/mol. The van der Waals surface area contributed by atoms with Gasteiger partial charge in [0, 0.05) is 18.7 Å². The maximum Gasteiger partial charge on any atom is 0.0587 e. The van der Waals surface area contributed by atoms with E-state index in [0.717, 1.165) is 37.1 Å². The van der Waals surface area contributed by atoms with Gasteiger partial charge < -0.3 is 10.1 Å². The van der Waals surface area contributed by atoms with Gasteiger partial charge in [-0.15, -0.1) is 0 Å². The van der Waals surface area contributed by atoms with Crippen LogP contribution in [-0.2, 0) is 11.2 Å². The van der Waals surface area contributed by atoms with Gasteiger partial charge in [0.05, 0.1) is 6.61 Å². The van der Waals surface area contributed by atoms with Gasteiger partial charge in [0.1, 0.15) is 0 Å². The number of hydrogen-bond donors (Lipinski definition) is 1. The van der Waals surface area contributed by atoms with E-state index in [-0.39, 0.29) is 0 Å². The molecule has 1 atom stereocenters. The Hall–Kier alpha value is -0.570. The molecule has 0 radical (unpaired) electrons. The van der Waals surface area contributed by atoms with Crippen LogP contribution in [0.3, 0.4) is 0 Å². The van der Waals surface area contributed by atoms with Crippen LogP contribution in [0, 0.1) is 11.8 Å². The van der Waals surface area contributed by atoms with Crippen molar-refractivity contribution < 1.29 is 4.74 Å². The summed E-state index contributed by atoms with van der Waals surface area (Å²) in [5, 5.41) is 4.40. The first kappa shape index (κ1) is 17.5. The quantitative estimate of drug-likeness (QED) is 0.654. The van der Waals surface area contributed by atoms with Crippen LogP contribution in [0.2, 0.25) is 5.02 Å². The van der Waals surface area contributed by atoms with Gasteiger partial charge in [-0.3, -0.25) is 0 Å². The van der Waals surface area contributed by atoms with Crippen LogP contribution in [0.1, 0.15) is 32.3 Å². The zero-order valence-electron chi connectivity index (χ0n) is 13.0. The molecular formula is C17H28ClNO. The summed E-state index contributed by atoms with van der Waals surface area (Å²) in [6, 6.07) is 8.20. The Kier molecular flexibility index (Phi) is 8.92. The molecule has 0 aliphatic rings. The molecule has 0 amide bonds. The SMILES string of the molecule is CCC(CC)C(CNCCOC)Cc1ccccc1Cl. The summed E-state index contributed by atoms with van der Waals surface area (Å²) in [7, 11) is 1.74. The molecule has 0 aliphatic heterocycles. The molecule has 0 spiro atoms. The van der Waals surface area contributed by atoms with Gasteiger partial charge in [0.2, 0.25) is 0 Å². The third-order valence-corrected chi connectivity index (χ3v) is 4.41. The first-order valence-corrected chi connectivity index (χ1v) is 8.03. The van der Waals surface area contributed by atoms with E-state index >= 15 is 0 Å². The summed E-state index contributed by atoms with van der Waals surface area (Å²) < 4.78 is 5.09. The Morgan fingerprint density at radius 3 is 2.45 bits per heavy atom. The molecule has 114 valence electrons. The number of halogens is 1. The second kappa shape index (κ2) is 10.2. The third-order valence-electron chi connectivity index (χ3n) is 4.04. The van der Waals surface area contributed by atoms with E-state index in [1.54, 1.807) is 7.11 Å². The van der Waals surface area contributed by atoms with Crippen LogP contribution in [-0.4, -0.2) is 26.8 Å². The van der Waals surface area contributed by atoms with E-state index in [4.69, 9.17) is 16.3 Å². The first-order valence-electron chi connectivity index (χ1n) is 7.65. The van der Waals surface area contributed by atoms with Crippen molar-refractivity contribution in [3.05, 3.63) is 34.9 Å². The number of ether oxygens (including phenoxy) is 1. The highest BCUT2D eigenvalue weighted by molar-refractivity contribution is 6.31. The van der Waals surface area contributed by atoms with Crippen molar-refractivity contribution in [2.45, 2.75) is 33.1 Å². The Morgan fingerprint density at radius 1 is 1.15 bits per heavy atom. The summed E-state index contributed by atoms with van der Waals surface area (Å²) in [5.74, 6) is 1.36. The molecule has 1 unspecified atom stereocenters. The summed E-state index contributed by atoms with van der Waals surface area (Å²) in [6.45, 7) is 7.27. The van der Waals surface area contributed by atoms with E-state index in [2.05, 4.69) is 31.3 Å². The predicted octanol–water partition coefficient (Wildman–Crippen LogP) is 4.17. The molecule has 1 aromatic carbocycles. The standard InChI is InChI=1S/C17H28ClNO/c1-4-14(5-2)16(13-19-10-11-20-3)12-15-8-6-7-9-17(15)18/h6-9,14,16,19H,4-5,10-13H2,1-3H3. The van der Waals surface area contributed by atoms with Crippen LogP contribution < -0.4 is 5.32 Å². The van der Waals surface area contributed by atoms with E-state index < -0.39 is 0 Å². The minimum absolute atomic E-state index is 0.627. The van der Waals surface area contributed by atoms with Crippen LogP contribution in [0.15, 0.2) is 24.3 Å². The third kappa shape index (κ3) is 5.82. The number of hydrogen-bond acceptors (Lipinski definition) is 2. The lowest BCUT2D eigenvalue weighted by molar-refractivity contribution is 0.194. The second-order valence-electron chi connectivity index (χ2n) is 5.33. The molecule has 2 nitrogen and oxygen atoms in total. The monoisotopic (exact) mass is 297 g/mol. The van der Waals surface area contributed by atoms with Gasteiger partial charge in [-0.25, -0.2) is 0 Å². The largest absolute Gasteiger partial charge is 0.383 e. The molecule has 0 aliphatic carbocycles. The molecule has 1 rings (SSSR count). The molecule has 0 heterocycles. The van der Waals surface area contributed by atoms with Gasteiger partial charge in [-0.2, -0.15) is 0 Å². The summed E-state index contributed by atoms with van der Waals surface area (Å²) >= 11 is 6.30. The zero-order chi connectivity index (χ0) is 14.8. The smallest absolute Gasteiger partial charge is 0.0587 e. The van der Waals surface area contributed by atoms with Crippen molar-refractivity contribution in [1.82, 2.24) is 5.32 Å². The van der Waals surface area contributed by atoms with Crippen LogP contribution in [0.4, 0.5) is 0 Å². The highest BCUT2D eigenvalue weighted by Crippen LogP contribution is 2.26. The van der Waals surface area contributed by atoms with Crippen molar-refractivity contribution in [3.8, 4) is 0 Å². The van der Waals surface area contributed by atoms with Crippen LogP contribution in [0.25, 0.3) is 0 Å². The van der Waals surface area contributed by atoms with E-state index in [1.165, 1.54) is 18.4 Å². The average Bonchev–Trinajstić information content (AvgIpc) is 2.46. The number of benzene rings is 1. The Morgan fingerprint density at radius 2 is 1.85 bits per heavy atom. The van der Waals surface area contributed by atoms with Crippen molar-refractivity contribution in [3.63, 3.8) is 0 Å².